The fraction of sp³-hybridized carbons (Fsp3) is 0.222. The summed E-state index contributed by atoms with van der Waals surface area (Å²) < 4.78 is 26.3. The predicted octanol–water partition coefficient (Wildman–Crippen LogP) is 1.36. The molecule has 1 rings (SSSR count). The van der Waals surface area contributed by atoms with E-state index in [0.717, 1.165) is 6.07 Å². The molecule has 3 nitrogen and oxygen atoms in total. The summed E-state index contributed by atoms with van der Waals surface area (Å²) in [6, 6.07) is 0.550. The molecule has 0 heterocycles. The van der Waals surface area contributed by atoms with Crippen LogP contribution in [-0.2, 0) is 4.79 Å². The summed E-state index contributed by atoms with van der Waals surface area (Å²) >= 11 is 0. The van der Waals surface area contributed by atoms with Gasteiger partial charge in [0.25, 0.3) is 0 Å². The van der Waals surface area contributed by atoms with E-state index in [-0.39, 0.29) is 5.56 Å². The number of hydrogen-bond acceptors (Lipinski definition) is 2. The molecule has 0 aliphatic heterocycles. The van der Waals surface area contributed by atoms with Gasteiger partial charge in [-0.15, -0.1) is 0 Å². The van der Waals surface area contributed by atoms with Crippen molar-refractivity contribution in [1.82, 2.24) is 0 Å². The van der Waals surface area contributed by atoms with Crippen molar-refractivity contribution in [2.24, 2.45) is 5.73 Å². The van der Waals surface area contributed by atoms with Crippen LogP contribution in [0.15, 0.2) is 12.1 Å². The second kappa shape index (κ2) is 3.71. The van der Waals surface area contributed by atoms with Crippen LogP contribution in [0.5, 0.6) is 0 Å². The van der Waals surface area contributed by atoms with Gasteiger partial charge in [-0.3, -0.25) is 4.79 Å². The highest BCUT2D eigenvalue weighted by Crippen LogP contribution is 2.21. The Labute approximate surface area is 79.2 Å². The Kier molecular flexibility index (Phi) is 2.81. The predicted molar refractivity (Wildman–Crippen MR) is 45.7 cm³/mol. The van der Waals surface area contributed by atoms with Crippen LogP contribution in [0.2, 0.25) is 0 Å². The topological polar surface area (TPSA) is 63.3 Å². The standard InChI is InChI=1S/C9H9F2NO2/c1-4-2-3-5(10)6(7(4)11)8(12)9(13)14/h2-3,8H,12H2,1H3,(H,13,14). The monoisotopic (exact) mass is 201 g/mol. The van der Waals surface area contributed by atoms with E-state index in [4.69, 9.17) is 10.8 Å². The number of hydrogen-bond donors (Lipinski definition) is 2. The zero-order valence-electron chi connectivity index (χ0n) is 7.42. The molecule has 0 saturated heterocycles. The lowest BCUT2D eigenvalue weighted by Crippen LogP contribution is -2.23. The van der Waals surface area contributed by atoms with Crippen LogP contribution in [0, 0.1) is 18.6 Å². The molecule has 0 fully saturated rings. The zero-order chi connectivity index (χ0) is 10.9. The molecule has 3 N–H and O–H groups in total. The van der Waals surface area contributed by atoms with Gasteiger partial charge in [0.2, 0.25) is 0 Å². The van der Waals surface area contributed by atoms with Gasteiger partial charge in [0, 0.05) is 0 Å². The van der Waals surface area contributed by atoms with E-state index in [2.05, 4.69) is 0 Å². The molecule has 5 heteroatoms. The first-order valence-electron chi connectivity index (χ1n) is 3.88. The maximum Gasteiger partial charge on any atom is 0.325 e. The third-order valence-electron chi connectivity index (χ3n) is 1.90. The lowest BCUT2D eigenvalue weighted by atomic mass is 10.0. The number of rotatable bonds is 2. The third-order valence-corrected chi connectivity index (χ3v) is 1.90. The molecular formula is C9H9F2NO2. The first-order valence-corrected chi connectivity index (χ1v) is 3.88. The molecule has 1 unspecified atom stereocenters. The van der Waals surface area contributed by atoms with Gasteiger partial charge in [0.15, 0.2) is 0 Å². The minimum atomic E-state index is -1.67. The summed E-state index contributed by atoms with van der Waals surface area (Å²) in [6.45, 7) is 1.41. The van der Waals surface area contributed by atoms with E-state index in [9.17, 15) is 13.6 Å². The Morgan fingerprint density at radius 3 is 2.57 bits per heavy atom. The Morgan fingerprint density at radius 2 is 2.07 bits per heavy atom. The molecular weight excluding hydrogens is 192 g/mol. The van der Waals surface area contributed by atoms with Gasteiger partial charge in [0.1, 0.15) is 17.7 Å². The number of carbonyl (C=O) groups is 1. The highest BCUT2D eigenvalue weighted by Gasteiger charge is 2.23. The maximum atomic E-state index is 13.3. The highest BCUT2D eigenvalue weighted by molar-refractivity contribution is 5.75. The number of benzene rings is 1. The molecule has 0 saturated carbocycles. The van der Waals surface area contributed by atoms with Crippen LogP contribution in [0.1, 0.15) is 17.2 Å². The number of carboxylic acid groups (broad SMARTS) is 1. The van der Waals surface area contributed by atoms with E-state index < -0.39 is 29.2 Å². The second-order valence-electron chi connectivity index (χ2n) is 2.91. The quantitative estimate of drug-likeness (QED) is 0.759. The normalized spacial score (nSPS) is 12.6. The number of halogens is 2. The molecule has 0 spiro atoms. The Hall–Kier alpha value is -1.49. The van der Waals surface area contributed by atoms with Crippen LogP contribution in [0.4, 0.5) is 8.78 Å². The second-order valence-corrected chi connectivity index (χ2v) is 2.91. The fourth-order valence-corrected chi connectivity index (χ4v) is 1.09. The van der Waals surface area contributed by atoms with Crippen molar-refractivity contribution in [1.29, 1.82) is 0 Å². The smallest absolute Gasteiger partial charge is 0.325 e. The lowest BCUT2D eigenvalue weighted by Gasteiger charge is -2.10. The van der Waals surface area contributed by atoms with E-state index in [1.807, 2.05) is 0 Å². The molecule has 1 aromatic carbocycles. The highest BCUT2D eigenvalue weighted by atomic mass is 19.1. The maximum absolute atomic E-state index is 13.3. The number of nitrogens with two attached hydrogens (primary N) is 1. The molecule has 76 valence electrons. The summed E-state index contributed by atoms with van der Waals surface area (Å²) in [4.78, 5) is 10.5. The van der Waals surface area contributed by atoms with Crippen LogP contribution < -0.4 is 5.73 Å². The summed E-state index contributed by atoms with van der Waals surface area (Å²) in [6.07, 6.45) is 0. The average Bonchev–Trinajstić information content (AvgIpc) is 2.12. The van der Waals surface area contributed by atoms with E-state index in [0.29, 0.717) is 0 Å². The molecule has 0 aromatic heterocycles. The first kappa shape index (κ1) is 10.6. The molecule has 1 atom stereocenters. The molecule has 0 bridgehead atoms. The summed E-state index contributed by atoms with van der Waals surface area (Å²) in [5.74, 6) is -3.31. The van der Waals surface area contributed by atoms with Gasteiger partial charge in [-0.25, -0.2) is 8.78 Å². The van der Waals surface area contributed by atoms with Crippen LogP contribution in [0.3, 0.4) is 0 Å². The van der Waals surface area contributed by atoms with Crippen molar-refractivity contribution in [3.63, 3.8) is 0 Å². The van der Waals surface area contributed by atoms with Gasteiger partial charge in [-0.1, -0.05) is 6.07 Å². The summed E-state index contributed by atoms with van der Waals surface area (Å²) in [7, 11) is 0. The van der Waals surface area contributed by atoms with Crippen molar-refractivity contribution >= 4 is 5.97 Å². The summed E-state index contributed by atoms with van der Waals surface area (Å²) in [5.41, 5.74) is 4.69. The average molecular weight is 201 g/mol. The molecule has 0 amide bonds. The third kappa shape index (κ3) is 1.72. The number of aryl methyl sites for hydroxylation is 1. The van der Waals surface area contributed by atoms with Crippen molar-refractivity contribution in [3.05, 3.63) is 34.9 Å². The number of aliphatic carboxylic acids is 1. The molecule has 14 heavy (non-hydrogen) atoms. The Morgan fingerprint density at radius 1 is 1.50 bits per heavy atom. The van der Waals surface area contributed by atoms with Crippen LogP contribution in [-0.4, -0.2) is 11.1 Å². The van der Waals surface area contributed by atoms with Crippen molar-refractivity contribution in [2.75, 3.05) is 0 Å². The van der Waals surface area contributed by atoms with Gasteiger partial charge in [-0.05, 0) is 18.6 Å². The number of carboxylic acids is 1. The van der Waals surface area contributed by atoms with E-state index >= 15 is 0 Å². The zero-order valence-corrected chi connectivity index (χ0v) is 7.42. The van der Waals surface area contributed by atoms with Crippen molar-refractivity contribution in [2.45, 2.75) is 13.0 Å². The molecule has 0 aliphatic carbocycles. The largest absolute Gasteiger partial charge is 0.480 e. The molecule has 0 aliphatic rings. The van der Waals surface area contributed by atoms with Gasteiger partial charge in [0.05, 0.1) is 5.56 Å². The molecule has 0 radical (unpaired) electrons. The SMILES string of the molecule is Cc1ccc(F)c(C(N)C(=O)O)c1F. The molecule has 1 aromatic rings. The van der Waals surface area contributed by atoms with Gasteiger partial charge in [-0.2, -0.15) is 0 Å². The van der Waals surface area contributed by atoms with Crippen LogP contribution in [0.25, 0.3) is 0 Å². The van der Waals surface area contributed by atoms with E-state index in [1.54, 1.807) is 0 Å². The van der Waals surface area contributed by atoms with Crippen molar-refractivity contribution in [3.8, 4) is 0 Å². The van der Waals surface area contributed by atoms with E-state index in [1.165, 1.54) is 13.0 Å². The van der Waals surface area contributed by atoms with Crippen molar-refractivity contribution < 1.29 is 18.7 Å². The minimum Gasteiger partial charge on any atom is -0.480 e. The van der Waals surface area contributed by atoms with Crippen LogP contribution >= 0.6 is 0 Å². The minimum absolute atomic E-state index is 0.165. The fourth-order valence-electron chi connectivity index (χ4n) is 1.09. The lowest BCUT2D eigenvalue weighted by molar-refractivity contribution is -0.138. The summed E-state index contributed by atoms with van der Waals surface area (Å²) in [5, 5.41) is 8.52. The van der Waals surface area contributed by atoms with Gasteiger partial charge < -0.3 is 10.8 Å². The Bertz CT molecular complexity index is 379. The van der Waals surface area contributed by atoms with Gasteiger partial charge >= 0.3 is 5.97 Å². The Balaban J connectivity index is 3.32. The first-order chi connectivity index (χ1) is 6.45.